The number of pyridine rings is 1. The monoisotopic (exact) mass is 480 g/mol. The quantitative estimate of drug-likeness (QED) is 0.288. The molecule has 0 fully saturated rings. The van der Waals surface area contributed by atoms with Gasteiger partial charge in [-0.1, -0.05) is 6.07 Å². The predicted octanol–water partition coefficient (Wildman–Crippen LogP) is 3.46. The number of benzene rings is 1. The molecule has 2 N–H and O–H groups in total. The Morgan fingerprint density at radius 1 is 1.12 bits per heavy atom. The van der Waals surface area contributed by atoms with Crippen LogP contribution in [0.15, 0.2) is 53.7 Å². The van der Waals surface area contributed by atoms with Crippen LogP contribution in [0.5, 0.6) is 5.75 Å². The van der Waals surface area contributed by atoms with Crippen LogP contribution >= 0.6 is 24.0 Å². The number of hydrogen-bond acceptors (Lipinski definition) is 3. The molecule has 26 heavy (non-hydrogen) atoms. The van der Waals surface area contributed by atoms with Gasteiger partial charge in [0.05, 0.1) is 24.3 Å². The molecule has 0 unspecified atom stereocenters. The number of halogens is 4. The van der Waals surface area contributed by atoms with Gasteiger partial charge in [-0.05, 0) is 36.4 Å². The number of guanidine groups is 1. The van der Waals surface area contributed by atoms with Crippen LogP contribution in [-0.4, -0.2) is 31.1 Å². The molecule has 0 spiro atoms. The standard InChI is InChI=1S/C17H19F3N4O.HI/c1-21-16(24-12-14-4-2-3-9-22-14)23-10-11-25-15-7-5-13(6-8-15)17(18,19)20;/h2-9H,10-12H2,1H3,(H2,21,23,24);1H. The number of rotatable bonds is 6. The van der Waals surface area contributed by atoms with Crippen molar-refractivity contribution in [2.24, 2.45) is 4.99 Å². The summed E-state index contributed by atoms with van der Waals surface area (Å²) in [6, 6.07) is 10.2. The molecule has 142 valence electrons. The maximum absolute atomic E-state index is 12.5. The molecule has 1 heterocycles. The topological polar surface area (TPSA) is 58.5 Å². The third-order valence-electron chi connectivity index (χ3n) is 3.23. The van der Waals surface area contributed by atoms with Gasteiger partial charge in [-0.15, -0.1) is 24.0 Å². The molecule has 0 atom stereocenters. The summed E-state index contributed by atoms with van der Waals surface area (Å²) in [5, 5.41) is 6.16. The first-order valence-electron chi connectivity index (χ1n) is 7.63. The second-order valence-electron chi connectivity index (χ2n) is 5.04. The van der Waals surface area contributed by atoms with Crippen molar-refractivity contribution in [1.82, 2.24) is 15.6 Å². The maximum atomic E-state index is 12.5. The summed E-state index contributed by atoms with van der Waals surface area (Å²) in [5.41, 5.74) is 0.184. The van der Waals surface area contributed by atoms with Crippen LogP contribution in [0.3, 0.4) is 0 Å². The summed E-state index contributed by atoms with van der Waals surface area (Å²) < 4.78 is 42.8. The van der Waals surface area contributed by atoms with Gasteiger partial charge in [0.15, 0.2) is 5.96 Å². The van der Waals surface area contributed by atoms with Gasteiger partial charge in [0.2, 0.25) is 0 Å². The number of ether oxygens (including phenoxy) is 1. The van der Waals surface area contributed by atoms with Crippen molar-refractivity contribution < 1.29 is 17.9 Å². The van der Waals surface area contributed by atoms with Crippen molar-refractivity contribution in [1.29, 1.82) is 0 Å². The first-order chi connectivity index (χ1) is 12.0. The minimum atomic E-state index is -4.34. The van der Waals surface area contributed by atoms with Gasteiger partial charge < -0.3 is 15.4 Å². The Bertz CT molecular complexity index is 679. The van der Waals surface area contributed by atoms with E-state index >= 15 is 0 Å². The number of hydrogen-bond donors (Lipinski definition) is 2. The fourth-order valence-electron chi connectivity index (χ4n) is 1.98. The van der Waals surface area contributed by atoms with Crippen LogP contribution in [0.4, 0.5) is 13.2 Å². The Balaban J connectivity index is 0.00000338. The minimum absolute atomic E-state index is 0. The number of nitrogens with zero attached hydrogens (tertiary/aromatic N) is 2. The van der Waals surface area contributed by atoms with Crippen LogP contribution in [0.2, 0.25) is 0 Å². The van der Waals surface area contributed by atoms with Crippen molar-refractivity contribution in [3.05, 3.63) is 59.9 Å². The van der Waals surface area contributed by atoms with Gasteiger partial charge >= 0.3 is 6.18 Å². The van der Waals surface area contributed by atoms with Crippen LogP contribution in [0.25, 0.3) is 0 Å². The molecule has 0 bridgehead atoms. The molecule has 0 saturated heterocycles. The molecule has 0 aliphatic carbocycles. The van der Waals surface area contributed by atoms with Gasteiger partial charge in [0.1, 0.15) is 12.4 Å². The molecule has 2 aromatic rings. The summed E-state index contributed by atoms with van der Waals surface area (Å²) in [6.07, 6.45) is -2.63. The van der Waals surface area contributed by atoms with Gasteiger partial charge in [0.25, 0.3) is 0 Å². The first-order valence-corrected chi connectivity index (χ1v) is 7.63. The van der Waals surface area contributed by atoms with E-state index in [1.807, 2.05) is 18.2 Å². The van der Waals surface area contributed by atoms with Crippen LogP contribution < -0.4 is 15.4 Å². The Morgan fingerprint density at radius 2 is 1.85 bits per heavy atom. The highest BCUT2D eigenvalue weighted by Crippen LogP contribution is 2.30. The van der Waals surface area contributed by atoms with E-state index in [1.165, 1.54) is 12.1 Å². The molecule has 0 aliphatic heterocycles. The Kier molecular flexibility index (Phi) is 9.17. The van der Waals surface area contributed by atoms with Crippen LogP contribution in [0, 0.1) is 0 Å². The Labute approximate surface area is 167 Å². The van der Waals surface area contributed by atoms with Gasteiger partial charge in [-0.25, -0.2) is 0 Å². The van der Waals surface area contributed by atoms with Crippen LogP contribution in [0.1, 0.15) is 11.3 Å². The molecule has 1 aromatic heterocycles. The predicted molar refractivity (Wildman–Crippen MR) is 105 cm³/mol. The zero-order chi connectivity index (χ0) is 18.1. The highest BCUT2D eigenvalue weighted by Gasteiger charge is 2.29. The average Bonchev–Trinajstić information content (AvgIpc) is 2.61. The fraction of sp³-hybridized carbons (Fsp3) is 0.294. The SMILES string of the molecule is CN=C(NCCOc1ccc(C(F)(F)F)cc1)NCc1ccccn1.I. The molecule has 0 saturated carbocycles. The van der Waals surface area contributed by atoms with E-state index in [0.717, 1.165) is 17.8 Å². The number of alkyl halides is 3. The number of nitrogens with one attached hydrogen (secondary N) is 2. The van der Waals surface area contributed by atoms with Gasteiger partial charge in [-0.2, -0.15) is 13.2 Å². The third kappa shape index (κ3) is 7.46. The summed E-state index contributed by atoms with van der Waals surface area (Å²) >= 11 is 0. The summed E-state index contributed by atoms with van der Waals surface area (Å²) in [4.78, 5) is 8.27. The van der Waals surface area contributed by atoms with Crippen molar-refractivity contribution in [2.75, 3.05) is 20.2 Å². The maximum Gasteiger partial charge on any atom is 0.416 e. The van der Waals surface area contributed by atoms with E-state index in [4.69, 9.17) is 4.74 Å². The van der Waals surface area contributed by atoms with Crippen molar-refractivity contribution >= 4 is 29.9 Å². The van der Waals surface area contributed by atoms with Crippen molar-refractivity contribution in [3.63, 3.8) is 0 Å². The van der Waals surface area contributed by atoms with Crippen molar-refractivity contribution in [3.8, 4) is 5.75 Å². The lowest BCUT2D eigenvalue weighted by Crippen LogP contribution is -2.39. The van der Waals surface area contributed by atoms with Gasteiger partial charge in [-0.3, -0.25) is 9.98 Å². The van der Waals surface area contributed by atoms with E-state index < -0.39 is 11.7 Å². The normalized spacial score (nSPS) is 11.5. The molecule has 5 nitrogen and oxygen atoms in total. The second-order valence-corrected chi connectivity index (χ2v) is 5.04. The number of aromatic nitrogens is 1. The molecule has 9 heteroatoms. The largest absolute Gasteiger partial charge is 0.492 e. The fourth-order valence-corrected chi connectivity index (χ4v) is 1.98. The second kappa shape index (κ2) is 10.8. The summed E-state index contributed by atoms with van der Waals surface area (Å²) in [6.45, 7) is 1.26. The smallest absolute Gasteiger partial charge is 0.416 e. The molecule has 1 aromatic carbocycles. The first kappa shape index (κ1) is 22.0. The van der Waals surface area contributed by atoms with Crippen LogP contribution in [-0.2, 0) is 12.7 Å². The van der Waals surface area contributed by atoms with Gasteiger partial charge in [0, 0.05) is 13.2 Å². The van der Waals surface area contributed by atoms with E-state index in [9.17, 15) is 13.2 Å². The highest BCUT2D eigenvalue weighted by molar-refractivity contribution is 14.0. The lowest BCUT2D eigenvalue weighted by molar-refractivity contribution is -0.137. The highest BCUT2D eigenvalue weighted by atomic mass is 127. The zero-order valence-corrected chi connectivity index (χ0v) is 16.4. The van der Waals surface area contributed by atoms with E-state index in [1.54, 1.807) is 13.2 Å². The van der Waals surface area contributed by atoms with Crippen molar-refractivity contribution in [2.45, 2.75) is 12.7 Å². The lowest BCUT2D eigenvalue weighted by atomic mass is 10.2. The van der Waals surface area contributed by atoms with E-state index in [0.29, 0.717) is 24.8 Å². The molecule has 0 amide bonds. The Morgan fingerprint density at radius 3 is 2.42 bits per heavy atom. The molecule has 0 aliphatic rings. The lowest BCUT2D eigenvalue weighted by Gasteiger charge is -2.12. The summed E-state index contributed by atoms with van der Waals surface area (Å²) in [5.74, 6) is 0.966. The summed E-state index contributed by atoms with van der Waals surface area (Å²) in [7, 11) is 1.64. The minimum Gasteiger partial charge on any atom is -0.492 e. The molecular weight excluding hydrogens is 460 g/mol. The van der Waals surface area contributed by atoms with E-state index in [2.05, 4.69) is 20.6 Å². The average molecular weight is 480 g/mol. The third-order valence-corrected chi connectivity index (χ3v) is 3.23. The molecular formula is C17H20F3IN4O. The zero-order valence-electron chi connectivity index (χ0n) is 14.1. The van der Waals surface area contributed by atoms with E-state index in [-0.39, 0.29) is 30.6 Å². The number of aliphatic imine (C=N–C) groups is 1. The molecule has 0 radical (unpaired) electrons. The Hall–Kier alpha value is -2.04. The molecule has 2 rings (SSSR count).